The molecule has 3 nitrogen and oxygen atoms in total. The van der Waals surface area contributed by atoms with Crippen molar-refractivity contribution in [2.75, 3.05) is 5.32 Å². The number of carbonyl (C=O) groups excluding carboxylic acids is 1. The first-order valence-corrected chi connectivity index (χ1v) is 6.46. The van der Waals surface area contributed by atoms with Gasteiger partial charge in [-0.2, -0.15) is 0 Å². The summed E-state index contributed by atoms with van der Waals surface area (Å²) in [5.74, 6) is -0.471. The van der Waals surface area contributed by atoms with Gasteiger partial charge in [0.15, 0.2) is 0 Å². The molecule has 1 aliphatic rings. The smallest absolute Gasteiger partial charge is 0.244 e. The van der Waals surface area contributed by atoms with Gasteiger partial charge in [0.25, 0.3) is 0 Å². The molecule has 98 valence electrons. The van der Waals surface area contributed by atoms with Crippen molar-refractivity contribution in [2.24, 2.45) is 5.73 Å². The molecule has 0 atom stereocenters. The normalized spacial score (nSPS) is 19.0. The fourth-order valence-corrected chi connectivity index (χ4v) is 2.38. The van der Waals surface area contributed by atoms with Gasteiger partial charge in [-0.1, -0.05) is 25.7 Å². The van der Waals surface area contributed by atoms with Crippen molar-refractivity contribution in [3.8, 4) is 0 Å². The van der Waals surface area contributed by atoms with Crippen molar-refractivity contribution in [1.29, 1.82) is 0 Å². The van der Waals surface area contributed by atoms with Crippen molar-refractivity contribution in [2.45, 2.75) is 44.1 Å². The van der Waals surface area contributed by atoms with Crippen LogP contribution in [0.3, 0.4) is 0 Å². The molecule has 0 heterocycles. The summed E-state index contributed by atoms with van der Waals surface area (Å²) in [5.41, 5.74) is 6.01. The minimum absolute atomic E-state index is 0.156. The molecule has 1 amide bonds. The molecule has 1 aliphatic carbocycles. The summed E-state index contributed by atoms with van der Waals surface area (Å²) >= 11 is 0. The van der Waals surface area contributed by atoms with E-state index in [2.05, 4.69) is 5.32 Å². The highest BCUT2D eigenvalue weighted by Crippen LogP contribution is 2.26. The zero-order valence-corrected chi connectivity index (χ0v) is 10.4. The molecule has 1 saturated carbocycles. The highest BCUT2D eigenvalue weighted by Gasteiger charge is 2.34. The van der Waals surface area contributed by atoms with Crippen molar-refractivity contribution in [3.05, 3.63) is 30.1 Å². The Bertz CT molecular complexity index is 408. The Hall–Kier alpha value is -1.42. The maximum atomic E-state index is 12.8. The second-order valence-corrected chi connectivity index (χ2v) is 5.03. The Morgan fingerprint density at radius 3 is 2.22 bits per heavy atom. The summed E-state index contributed by atoms with van der Waals surface area (Å²) < 4.78 is 12.8. The van der Waals surface area contributed by atoms with E-state index in [1.807, 2.05) is 0 Å². The third-order valence-electron chi connectivity index (χ3n) is 3.55. The zero-order chi connectivity index (χ0) is 13.0. The van der Waals surface area contributed by atoms with E-state index in [0.717, 1.165) is 38.5 Å². The molecule has 1 aromatic rings. The molecule has 1 aromatic carbocycles. The first-order chi connectivity index (χ1) is 8.60. The van der Waals surface area contributed by atoms with Gasteiger partial charge in [-0.15, -0.1) is 0 Å². The maximum Gasteiger partial charge on any atom is 0.244 e. The van der Waals surface area contributed by atoms with Gasteiger partial charge in [0.05, 0.1) is 5.54 Å². The van der Waals surface area contributed by atoms with E-state index in [9.17, 15) is 9.18 Å². The molecule has 0 unspecified atom stereocenters. The average Bonchev–Trinajstić information content (AvgIpc) is 2.58. The van der Waals surface area contributed by atoms with Gasteiger partial charge in [0.1, 0.15) is 5.82 Å². The highest BCUT2D eigenvalue weighted by molar-refractivity contribution is 5.97. The van der Waals surface area contributed by atoms with Crippen LogP contribution in [-0.4, -0.2) is 11.4 Å². The summed E-state index contributed by atoms with van der Waals surface area (Å²) in [6, 6.07) is 5.75. The SMILES string of the molecule is NC1(C(=O)Nc2ccc(F)cc2)CCCCCC1. The molecule has 0 saturated heterocycles. The van der Waals surface area contributed by atoms with E-state index in [1.54, 1.807) is 12.1 Å². The minimum atomic E-state index is -0.773. The molecule has 2 rings (SSSR count). The number of amides is 1. The molecule has 3 N–H and O–H groups in total. The monoisotopic (exact) mass is 250 g/mol. The number of nitrogens with two attached hydrogens (primary N) is 1. The average molecular weight is 250 g/mol. The van der Waals surface area contributed by atoms with E-state index in [1.165, 1.54) is 12.1 Å². The lowest BCUT2D eigenvalue weighted by molar-refractivity contribution is -0.121. The topological polar surface area (TPSA) is 55.1 Å². The van der Waals surface area contributed by atoms with Crippen LogP contribution in [0.2, 0.25) is 0 Å². The summed E-state index contributed by atoms with van der Waals surface area (Å²) in [7, 11) is 0. The molecular weight excluding hydrogens is 231 g/mol. The fraction of sp³-hybridized carbons (Fsp3) is 0.500. The van der Waals surface area contributed by atoms with Gasteiger partial charge in [0, 0.05) is 5.69 Å². The number of benzene rings is 1. The predicted octanol–water partition coefficient (Wildman–Crippen LogP) is 2.82. The molecule has 0 radical (unpaired) electrons. The fourth-order valence-electron chi connectivity index (χ4n) is 2.38. The highest BCUT2D eigenvalue weighted by atomic mass is 19.1. The van der Waals surface area contributed by atoms with Crippen LogP contribution in [0.5, 0.6) is 0 Å². The van der Waals surface area contributed by atoms with Crippen molar-refractivity contribution in [1.82, 2.24) is 0 Å². The molecule has 0 aliphatic heterocycles. The number of halogens is 1. The molecule has 18 heavy (non-hydrogen) atoms. The van der Waals surface area contributed by atoms with Gasteiger partial charge in [-0.3, -0.25) is 4.79 Å². The van der Waals surface area contributed by atoms with Gasteiger partial charge >= 0.3 is 0 Å². The lowest BCUT2D eigenvalue weighted by Gasteiger charge is -2.26. The Balaban J connectivity index is 2.03. The van der Waals surface area contributed by atoms with Crippen LogP contribution in [0.15, 0.2) is 24.3 Å². The van der Waals surface area contributed by atoms with E-state index in [4.69, 9.17) is 5.73 Å². The number of hydrogen-bond acceptors (Lipinski definition) is 2. The van der Waals surface area contributed by atoms with Crippen molar-refractivity contribution < 1.29 is 9.18 Å². The van der Waals surface area contributed by atoms with Crippen molar-refractivity contribution >= 4 is 11.6 Å². The number of carbonyl (C=O) groups is 1. The largest absolute Gasteiger partial charge is 0.324 e. The Morgan fingerprint density at radius 1 is 1.11 bits per heavy atom. The Kier molecular flexibility index (Phi) is 3.97. The van der Waals surface area contributed by atoms with Crippen LogP contribution < -0.4 is 11.1 Å². The first kappa shape index (κ1) is 13.0. The van der Waals surface area contributed by atoms with Gasteiger partial charge in [-0.05, 0) is 37.1 Å². The van der Waals surface area contributed by atoms with E-state index >= 15 is 0 Å². The third-order valence-corrected chi connectivity index (χ3v) is 3.55. The molecule has 4 heteroatoms. The quantitative estimate of drug-likeness (QED) is 0.793. The molecule has 0 bridgehead atoms. The van der Waals surface area contributed by atoms with Crippen LogP contribution in [0, 0.1) is 5.82 Å². The second-order valence-electron chi connectivity index (χ2n) is 5.03. The van der Waals surface area contributed by atoms with E-state index in [0.29, 0.717) is 5.69 Å². The first-order valence-electron chi connectivity index (χ1n) is 6.46. The number of nitrogens with one attached hydrogen (secondary N) is 1. The van der Waals surface area contributed by atoms with E-state index < -0.39 is 5.54 Å². The minimum Gasteiger partial charge on any atom is -0.324 e. The Labute approximate surface area is 107 Å². The van der Waals surface area contributed by atoms with Crippen LogP contribution >= 0.6 is 0 Å². The molecule has 0 aromatic heterocycles. The van der Waals surface area contributed by atoms with Crippen LogP contribution in [0.25, 0.3) is 0 Å². The van der Waals surface area contributed by atoms with Crippen LogP contribution in [-0.2, 0) is 4.79 Å². The second kappa shape index (κ2) is 5.48. The molecule has 0 spiro atoms. The summed E-state index contributed by atoms with van der Waals surface area (Å²) in [4.78, 5) is 12.2. The summed E-state index contributed by atoms with van der Waals surface area (Å²) in [6.45, 7) is 0. The van der Waals surface area contributed by atoms with Crippen LogP contribution in [0.4, 0.5) is 10.1 Å². The molecule has 1 fully saturated rings. The number of anilines is 1. The maximum absolute atomic E-state index is 12.8. The van der Waals surface area contributed by atoms with Gasteiger partial charge in [-0.25, -0.2) is 4.39 Å². The molecular formula is C14H19FN2O. The lowest BCUT2D eigenvalue weighted by atomic mass is 9.90. The summed E-state index contributed by atoms with van der Waals surface area (Å²) in [6.07, 6.45) is 5.71. The zero-order valence-electron chi connectivity index (χ0n) is 10.4. The van der Waals surface area contributed by atoms with Gasteiger partial charge in [0.2, 0.25) is 5.91 Å². The van der Waals surface area contributed by atoms with Crippen molar-refractivity contribution in [3.63, 3.8) is 0 Å². The summed E-state index contributed by atoms with van der Waals surface area (Å²) in [5, 5.41) is 2.78. The van der Waals surface area contributed by atoms with Crippen LogP contribution in [0.1, 0.15) is 38.5 Å². The van der Waals surface area contributed by atoms with E-state index in [-0.39, 0.29) is 11.7 Å². The lowest BCUT2D eigenvalue weighted by Crippen LogP contribution is -2.50. The number of hydrogen-bond donors (Lipinski definition) is 2. The third kappa shape index (κ3) is 3.07. The van der Waals surface area contributed by atoms with Gasteiger partial charge < -0.3 is 11.1 Å². The predicted molar refractivity (Wildman–Crippen MR) is 69.7 cm³/mol. The standard InChI is InChI=1S/C14H19FN2O/c15-11-5-7-12(8-6-11)17-13(18)14(16)9-3-1-2-4-10-14/h5-8H,1-4,9-10,16H2,(H,17,18). The Morgan fingerprint density at radius 2 is 1.67 bits per heavy atom. The number of rotatable bonds is 2.